The van der Waals surface area contributed by atoms with Gasteiger partial charge in [0.2, 0.25) is 0 Å². The molecule has 4 nitrogen and oxygen atoms in total. The number of carbonyl (C=O) groups excluding carboxylic acids is 1. The Hall–Kier alpha value is -1.79. The smallest absolute Gasteiger partial charge is 0.263 e. The minimum atomic E-state index is -0.187. The van der Waals surface area contributed by atoms with Crippen molar-refractivity contribution in [3.8, 4) is 5.75 Å². The van der Waals surface area contributed by atoms with Gasteiger partial charge in [0.15, 0.2) is 0 Å². The first-order valence-electron chi connectivity index (χ1n) is 5.48. The molecule has 1 aliphatic rings. The number of thiocarbonyl (C=S) groups is 1. The Bertz CT molecular complexity index is 718. The number of rotatable bonds is 2. The number of thioether (sulfide) groups is 1. The number of carbonyl (C=O) groups is 1. The van der Waals surface area contributed by atoms with E-state index >= 15 is 0 Å². The second-order valence-corrected chi connectivity index (χ2v) is 5.62. The van der Waals surface area contributed by atoms with E-state index in [2.05, 4.69) is 5.32 Å². The first kappa shape index (κ1) is 12.3. The van der Waals surface area contributed by atoms with Crippen molar-refractivity contribution in [3.05, 3.63) is 34.9 Å². The fourth-order valence-corrected chi connectivity index (χ4v) is 2.80. The van der Waals surface area contributed by atoms with Crippen LogP contribution in [-0.2, 0) is 4.79 Å². The lowest BCUT2D eigenvalue weighted by Gasteiger charge is -1.96. The minimum absolute atomic E-state index is 0.187. The molecular formula is C13H9NO3S2. The summed E-state index contributed by atoms with van der Waals surface area (Å²) in [4.78, 5) is 12.1. The summed E-state index contributed by atoms with van der Waals surface area (Å²) >= 11 is 6.16. The van der Waals surface area contributed by atoms with Gasteiger partial charge < -0.3 is 14.5 Å². The van der Waals surface area contributed by atoms with Crippen molar-refractivity contribution in [3.63, 3.8) is 0 Å². The molecule has 1 saturated heterocycles. The minimum Gasteiger partial charge on any atom is -0.497 e. The molecule has 0 radical (unpaired) electrons. The first-order chi connectivity index (χ1) is 9.15. The summed E-state index contributed by atoms with van der Waals surface area (Å²) in [5.41, 5.74) is 0.720. The van der Waals surface area contributed by atoms with Gasteiger partial charge in [0, 0.05) is 17.5 Å². The molecule has 1 N–H and O–H groups in total. The van der Waals surface area contributed by atoms with Crippen molar-refractivity contribution in [2.75, 3.05) is 7.11 Å². The standard InChI is InChI=1S/C13H9NO3S2/c1-16-8-3-2-7-4-9(17-10(7)5-8)6-11-12(15)14-13(18)19-11/h2-6H,1H3,(H,14,15,18)/b11-6-. The monoisotopic (exact) mass is 291 g/mol. The molecule has 2 heterocycles. The van der Waals surface area contributed by atoms with Gasteiger partial charge in [-0.3, -0.25) is 4.79 Å². The highest BCUT2D eigenvalue weighted by atomic mass is 32.2. The molecule has 1 fully saturated rings. The van der Waals surface area contributed by atoms with Crippen molar-refractivity contribution in [1.29, 1.82) is 0 Å². The van der Waals surface area contributed by atoms with Crippen molar-refractivity contribution in [2.24, 2.45) is 0 Å². The summed E-state index contributed by atoms with van der Waals surface area (Å²) < 4.78 is 11.3. The third-order valence-corrected chi connectivity index (χ3v) is 3.82. The molecule has 0 unspecified atom stereocenters. The Morgan fingerprint density at radius 2 is 2.26 bits per heavy atom. The average molecular weight is 291 g/mol. The zero-order valence-electron chi connectivity index (χ0n) is 9.93. The number of benzene rings is 1. The SMILES string of the molecule is COc1ccc2cc(/C=C3\SC(=S)NC3=O)oc2c1. The van der Waals surface area contributed by atoms with Crippen molar-refractivity contribution >= 4 is 51.3 Å². The molecule has 1 aromatic heterocycles. The van der Waals surface area contributed by atoms with Crippen LogP contribution in [0.1, 0.15) is 5.76 Å². The van der Waals surface area contributed by atoms with E-state index in [-0.39, 0.29) is 5.91 Å². The summed E-state index contributed by atoms with van der Waals surface area (Å²) in [5, 5.41) is 3.52. The number of methoxy groups -OCH3 is 1. The van der Waals surface area contributed by atoms with Gasteiger partial charge in [-0.1, -0.05) is 24.0 Å². The Kier molecular flexibility index (Phi) is 3.04. The molecule has 0 bridgehead atoms. The summed E-state index contributed by atoms with van der Waals surface area (Å²) in [7, 11) is 1.60. The molecule has 19 heavy (non-hydrogen) atoms. The fourth-order valence-electron chi connectivity index (χ4n) is 1.78. The zero-order chi connectivity index (χ0) is 13.4. The van der Waals surface area contributed by atoms with E-state index in [1.807, 2.05) is 24.3 Å². The molecule has 96 valence electrons. The van der Waals surface area contributed by atoms with E-state index in [9.17, 15) is 4.79 Å². The van der Waals surface area contributed by atoms with Gasteiger partial charge in [-0.15, -0.1) is 0 Å². The highest BCUT2D eigenvalue weighted by Gasteiger charge is 2.22. The first-order valence-corrected chi connectivity index (χ1v) is 6.70. The lowest BCUT2D eigenvalue weighted by molar-refractivity contribution is -0.115. The number of hydrogen-bond acceptors (Lipinski definition) is 5. The summed E-state index contributed by atoms with van der Waals surface area (Å²) in [5.74, 6) is 1.16. The average Bonchev–Trinajstić information content (AvgIpc) is 2.91. The van der Waals surface area contributed by atoms with Gasteiger partial charge in [-0.2, -0.15) is 0 Å². The predicted molar refractivity (Wildman–Crippen MR) is 79.1 cm³/mol. The second-order valence-electron chi connectivity index (χ2n) is 3.90. The summed E-state index contributed by atoms with van der Waals surface area (Å²) in [6.45, 7) is 0. The van der Waals surface area contributed by atoms with E-state index in [4.69, 9.17) is 21.4 Å². The normalized spacial score (nSPS) is 17.2. The molecule has 0 atom stereocenters. The van der Waals surface area contributed by atoms with Crippen LogP contribution in [0, 0.1) is 0 Å². The Labute approximate surface area is 118 Å². The maximum absolute atomic E-state index is 11.6. The van der Waals surface area contributed by atoms with Gasteiger partial charge in [-0.05, 0) is 18.2 Å². The van der Waals surface area contributed by atoms with Crippen LogP contribution in [0.25, 0.3) is 17.0 Å². The van der Waals surface area contributed by atoms with Crippen LogP contribution in [0.4, 0.5) is 0 Å². The maximum atomic E-state index is 11.6. The van der Waals surface area contributed by atoms with Gasteiger partial charge in [0.05, 0.1) is 12.0 Å². The van der Waals surface area contributed by atoms with Crippen LogP contribution in [0.15, 0.2) is 33.6 Å². The highest BCUT2D eigenvalue weighted by molar-refractivity contribution is 8.26. The molecule has 1 aromatic carbocycles. The number of amides is 1. The van der Waals surface area contributed by atoms with E-state index in [0.717, 1.165) is 16.7 Å². The van der Waals surface area contributed by atoms with Crippen LogP contribution in [0.2, 0.25) is 0 Å². The Morgan fingerprint density at radius 3 is 2.95 bits per heavy atom. The molecule has 1 aliphatic heterocycles. The molecule has 0 aliphatic carbocycles. The number of ether oxygens (including phenoxy) is 1. The van der Waals surface area contributed by atoms with Gasteiger partial charge in [0.25, 0.3) is 5.91 Å². The van der Waals surface area contributed by atoms with Crippen LogP contribution >= 0.6 is 24.0 Å². The van der Waals surface area contributed by atoms with Crippen molar-refractivity contribution < 1.29 is 13.9 Å². The molecule has 2 aromatic rings. The second kappa shape index (κ2) is 4.71. The van der Waals surface area contributed by atoms with E-state index < -0.39 is 0 Å². The molecule has 1 amide bonds. The third kappa shape index (κ3) is 2.36. The Balaban J connectivity index is 2.00. The largest absolute Gasteiger partial charge is 0.497 e. The fraction of sp³-hybridized carbons (Fsp3) is 0.0769. The number of nitrogens with one attached hydrogen (secondary N) is 1. The number of hydrogen-bond donors (Lipinski definition) is 1. The van der Waals surface area contributed by atoms with Crippen molar-refractivity contribution in [1.82, 2.24) is 5.32 Å². The van der Waals surface area contributed by atoms with E-state index in [0.29, 0.717) is 15.0 Å². The van der Waals surface area contributed by atoms with E-state index in [1.165, 1.54) is 11.8 Å². The maximum Gasteiger partial charge on any atom is 0.263 e. The predicted octanol–water partition coefficient (Wildman–Crippen LogP) is 2.93. The van der Waals surface area contributed by atoms with Gasteiger partial charge in [-0.25, -0.2) is 0 Å². The van der Waals surface area contributed by atoms with Crippen molar-refractivity contribution in [2.45, 2.75) is 0 Å². The number of fused-ring (bicyclic) bond motifs is 1. The molecule has 6 heteroatoms. The van der Waals surface area contributed by atoms with Gasteiger partial charge in [0.1, 0.15) is 21.4 Å². The number of furan rings is 1. The lowest BCUT2D eigenvalue weighted by Crippen LogP contribution is -2.17. The summed E-state index contributed by atoms with van der Waals surface area (Å²) in [6, 6.07) is 7.45. The summed E-state index contributed by atoms with van der Waals surface area (Å²) in [6.07, 6.45) is 1.69. The lowest BCUT2D eigenvalue weighted by atomic mass is 10.2. The van der Waals surface area contributed by atoms with Crippen LogP contribution in [0.3, 0.4) is 0 Å². The molecule has 3 rings (SSSR count). The molecule has 0 saturated carbocycles. The van der Waals surface area contributed by atoms with Gasteiger partial charge >= 0.3 is 0 Å². The molecule has 0 spiro atoms. The molecular weight excluding hydrogens is 282 g/mol. The van der Waals surface area contributed by atoms with E-state index in [1.54, 1.807) is 13.2 Å². The third-order valence-electron chi connectivity index (χ3n) is 2.66. The Morgan fingerprint density at radius 1 is 1.42 bits per heavy atom. The van der Waals surface area contributed by atoms with Crippen LogP contribution in [-0.4, -0.2) is 17.3 Å². The van der Waals surface area contributed by atoms with Crippen LogP contribution < -0.4 is 10.1 Å². The highest BCUT2D eigenvalue weighted by Crippen LogP contribution is 2.29. The van der Waals surface area contributed by atoms with Crippen LogP contribution in [0.5, 0.6) is 5.75 Å². The zero-order valence-corrected chi connectivity index (χ0v) is 11.6. The topological polar surface area (TPSA) is 51.5 Å². The quantitative estimate of drug-likeness (QED) is 0.681.